The molecule has 1 fully saturated rings. The molecule has 1 heterocycles. The van der Waals surface area contributed by atoms with Crippen LogP contribution in [0.1, 0.15) is 43.9 Å². The Hall–Kier alpha value is -1.42. The van der Waals surface area contributed by atoms with Crippen molar-refractivity contribution in [1.29, 1.82) is 0 Å². The number of hydrogen-bond acceptors (Lipinski definition) is 2. The van der Waals surface area contributed by atoms with Crippen molar-refractivity contribution in [3.05, 3.63) is 35.1 Å². The molecule has 0 spiro atoms. The Morgan fingerprint density at radius 3 is 2.75 bits per heavy atom. The fraction of sp³-hybridized carbons (Fsp3) is 0.562. The number of carbonyl (C=O) groups excluding carboxylic acids is 1. The fourth-order valence-electron chi connectivity index (χ4n) is 2.68. The van der Waals surface area contributed by atoms with Gasteiger partial charge in [0.15, 0.2) is 0 Å². The van der Waals surface area contributed by atoms with Crippen LogP contribution in [0, 0.1) is 12.7 Å². The van der Waals surface area contributed by atoms with Gasteiger partial charge in [0.25, 0.3) is 0 Å². The van der Waals surface area contributed by atoms with Gasteiger partial charge in [-0.25, -0.2) is 4.39 Å². The molecular formula is C16H23FN2O. The smallest absolute Gasteiger partial charge is 0.222 e. The molecule has 2 atom stereocenters. The summed E-state index contributed by atoms with van der Waals surface area (Å²) in [6.07, 6.45) is 1.63. The maximum atomic E-state index is 13.6. The number of nitrogens with one attached hydrogen (secondary N) is 1. The molecule has 0 saturated carbocycles. The molecule has 1 aromatic carbocycles. The summed E-state index contributed by atoms with van der Waals surface area (Å²) in [5.74, 6) is 0.0752. The molecule has 0 aliphatic carbocycles. The minimum atomic E-state index is -0.168. The maximum Gasteiger partial charge on any atom is 0.222 e. The van der Waals surface area contributed by atoms with E-state index in [-0.39, 0.29) is 23.8 Å². The van der Waals surface area contributed by atoms with Gasteiger partial charge in [-0.1, -0.05) is 12.1 Å². The number of aryl methyl sites for hydroxylation is 1. The van der Waals surface area contributed by atoms with Crippen molar-refractivity contribution >= 4 is 5.91 Å². The summed E-state index contributed by atoms with van der Waals surface area (Å²) in [5, 5.41) is 3.43. The van der Waals surface area contributed by atoms with Crippen LogP contribution in [-0.2, 0) is 4.79 Å². The molecule has 1 aliphatic heterocycles. The zero-order valence-corrected chi connectivity index (χ0v) is 12.4. The lowest BCUT2D eigenvalue weighted by atomic mass is 10.1. The molecule has 4 heteroatoms. The molecule has 0 bridgehead atoms. The van der Waals surface area contributed by atoms with Gasteiger partial charge in [-0.05, 0) is 44.4 Å². The van der Waals surface area contributed by atoms with Gasteiger partial charge in [0.2, 0.25) is 5.91 Å². The highest BCUT2D eigenvalue weighted by Gasteiger charge is 2.22. The summed E-state index contributed by atoms with van der Waals surface area (Å²) in [7, 11) is 0. The number of likely N-dealkylation sites (tertiary alicyclic amines) is 1. The first-order valence-corrected chi connectivity index (χ1v) is 7.27. The zero-order chi connectivity index (χ0) is 14.7. The molecule has 0 aromatic heterocycles. The monoisotopic (exact) mass is 278 g/mol. The Labute approximate surface area is 120 Å². The molecule has 1 N–H and O–H groups in total. The van der Waals surface area contributed by atoms with Crippen molar-refractivity contribution in [1.82, 2.24) is 10.2 Å². The lowest BCUT2D eigenvalue weighted by molar-refractivity contribution is -0.127. The Bertz CT molecular complexity index is 489. The van der Waals surface area contributed by atoms with Gasteiger partial charge < -0.3 is 10.2 Å². The molecule has 110 valence electrons. The molecule has 2 rings (SSSR count). The first-order valence-electron chi connectivity index (χ1n) is 7.27. The molecule has 1 aliphatic rings. The van der Waals surface area contributed by atoms with Gasteiger partial charge in [0.1, 0.15) is 5.82 Å². The van der Waals surface area contributed by atoms with Crippen molar-refractivity contribution in [2.75, 3.05) is 13.1 Å². The third-order valence-electron chi connectivity index (χ3n) is 3.90. The number of rotatable bonds is 5. The first-order chi connectivity index (χ1) is 9.47. The Kier molecular flexibility index (Phi) is 4.76. The van der Waals surface area contributed by atoms with Crippen LogP contribution in [-0.4, -0.2) is 29.9 Å². The normalized spacial score (nSPS) is 18.4. The summed E-state index contributed by atoms with van der Waals surface area (Å²) in [6.45, 7) is 7.42. The predicted molar refractivity (Wildman–Crippen MR) is 78.0 cm³/mol. The number of nitrogens with zero attached hydrogens (tertiary/aromatic N) is 1. The second-order valence-corrected chi connectivity index (χ2v) is 5.74. The third kappa shape index (κ3) is 3.57. The summed E-state index contributed by atoms with van der Waals surface area (Å²) in [6, 6.07) is 5.59. The SMILES string of the molecule is Cc1ccc(C(C)NC(C)CN2CCCC2=O)cc1F. The summed E-state index contributed by atoms with van der Waals surface area (Å²) in [5.41, 5.74) is 1.60. The van der Waals surface area contributed by atoms with Crippen molar-refractivity contribution in [3.63, 3.8) is 0 Å². The van der Waals surface area contributed by atoms with E-state index in [2.05, 4.69) is 12.2 Å². The van der Waals surface area contributed by atoms with Crippen LogP contribution in [0.15, 0.2) is 18.2 Å². The van der Waals surface area contributed by atoms with E-state index in [0.717, 1.165) is 25.1 Å². The van der Waals surface area contributed by atoms with Gasteiger partial charge in [0.05, 0.1) is 0 Å². The highest BCUT2D eigenvalue weighted by molar-refractivity contribution is 5.78. The number of amides is 1. The second kappa shape index (κ2) is 6.35. The van der Waals surface area contributed by atoms with Gasteiger partial charge >= 0.3 is 0 Å². The van der Waals surface area contributed by atoms with Gasteiger partial charge in [0, 0.05) is 31.6 Å². The first kappa shape index (κ1) is 15.0. The van der Waals surface area contributed by atoms with E-state index < -0.39 is 0 Å². The van der Waals surface area contributed by atoms with Crippen LogP contribution in [0.25, 0.3) is 0 Å². The molecule has 0 radical (unpaired) electrons. The van der Waals surface area contributed by atoms with Gasteiger partial charge in [-0.2, -0.15) is 0 Å². The highest BCUT2D eigenvalue weighted by Crippen LogP contribution is 2.17. The molecule has 2 unspecified atom stereocenters. The van der Waals surface area contributed by atoms with E-state index in [4.69, 9.17) is 0 Å². The Morgan fingerprint density at radius 2 is 2.15 bits per heavy atom. The summed E-state index contributed by atoms with van der Waals surface area (Å²) >= 11 is 0. The molecule has 1 aromatic rings. The second-order valence-electron chi connectivity index (χ2n) is 5.74. The average molecular weight is 278 g/mol. The van der Waals surface area contributed by atoms with Crippen LogP contribution >= 0.6 is 0 Å². The van der Waals surface area contributed by atoms with E-state index in [1.54, 1.807) is 19.1 Å². The number of halogens is 1. The fourth-order valence-corrected chi connectivity index (χ4v) is 2.68. The van der Waals surface area contributed by atoms with Crippen LogP contribution in [0.5, 0.6) is 0 Å². The number of benzene rings is 1. The van der Waals surface area contributed by atoms with Crippen LogP contribution in [0.3, 0.4) is 0 Å². The zero-order valence-electron chi connectivity index (χ0n) is 12.4. The van der Waals surface area contributed by atoms with Crippen LogP contribution in [0.2, 0.25) is 0 Å². The molecule has 20 heavy (non-hydrogen) atoms. The lowest BCUT2D eigenvalue weighted by Gasteiger charge is -2.25. The van der Waals surface area contributed by atoms with E-state index in [9.17, 15) is 9.18 Å². The van der Waals surface area contributed by atoms with Crippen molar-refractivity contribution < 1.29 is 9.18 Å². The van der Waals surface area contributed by atoms with Crippen molar-refractivity contribution in [3.8, 4) is 0 Å². The lowest BCUT2D eigenvalue weighted by Crippen LogP contribution is -2.40. The van der Waals surface area contributed by atoms with Crippen LogP contribution < -0.4 is 5.32 Å². The van der Waals surface area contributed by atoms with E-state index in [0.29, 0.717) is 12.0 Å². The average Bonchev–Trinajstić information content (AvgIpc) is 2.78. The van der Waals surface area contributed by atoms with Gasteiger partial charge in [-0.15, -0.1) is 0 Å². The van der Waals surface area contributed by atoms with Crippen molar-refractivity contribution in [2.24, 2.45) is 0 Å². The third-order valence-corrected chi connectivity index (χ3v) is 3.90. The molecular weight excluding hydrogens is 255 g/mol. The minimum absolute atomic E-state index is 0.0674. The van der Waals surface area contributed by atoms with E-state index in [1.807, 2.05) is 17.9 Å². The predicted octanol–water partition coefficient (Wildman–Crippen LogP) is 2.80. The molecule has 1 amide bonds. The van der Waals surface area contributed by atoms with Crippen molar-refractivity contribution in [2.45, 2.75) is 45.7 Å². The highest BCUT2D eigenvalue weighted by atomic mass is 19.1. The number of hydrogen-bond donors (Lipinski definition) is 1. The van der Waals surface area contributed by atoms with E-state index >= 15 is 0 Å². The number of carbonyl (C=O) groups is 1. The largest absolute Gasteiger partial charge is 0.341 e. The van der Waals surface area contributed by atoms with E-state index in [1.165, 1.54) is 0 Å². The summed E-state index contributed by atoms with van der Waals surface area (Å²) < 4.78 is 13.6. The van der Waals surface area contributed by atoms with Crippen LogP contribution in [0.4, 0.5) is 4.39 Å². The minimum Gasteiger partial charge on any atom is -0.341 e. The Balaban J connectivity index is 1.91. The standard InChI is InChI=1S/C16H23FN2O/c1-11-6-7-14(9-15(11)17)13(3)18-12(2)10-19-8-4-5-16(19)20/h6-7,9,12-13,18H,4-5,8,10H2,1-3H3. The topological polar surface area (TPSA) is 32.3 Å². The maximum absolute atomic E-state index is 13.6. The quantitative estimate of drug-likeness (QED) is 0.898. The molecule has 3 nitrogen and oxygen atoms in total. The molecule has 1 saturated heterocycles. The summed E-state index contributed by atoms with van der Waals surface area (Å²) in [4.78, 5) is 13.5. The Morgan fingerprint density at radius 1 is 1.40 bits per heavy atom. The van der Waals surface area contributed by atoms with Gasteiger partial charge in [-0.3, -0.25) is 4.79 Å².